The van der Waals surface area contributed by atoms with Gasteiger partial charge in [-0.15, -0.1) is 0 Å². The number of amides is 2. The molecule has 0 aromatic heterocycles. The van der Waals surface area contributed by atoms with Crippen LogP contribution in [0.2, 0.25) is 0 Å². The van der Waals surface area contributed by atoms with Crippen LogP contribution in [0.3, 0.4) is 0 Å². The fraction of sp³-hybridized carbons (Fsp3) is 0.529. The second kappa shape index (κ2) is 14.2. The highest BCUT2D eigenvalue weighted by Gasteiger charge is 2.52. The van der Waals surface area contributed by atoms with Crippen LogP contribution < -0.4 is 19.3 Å². The van der Waals surface area contributed by atoms with E-state index in [-0.39, 0.29) is 35.8 Å². The van der Waals surface area contributed by atoms with Crippen molar-refractivity contribution < 1.29 is 56.1 Å². The molecule has 18 heteroatoms. The summed E-state index contributed by atoms with van der Waals surface area (Å²) in [7, 11) is -10.4. The summed E-state index contributed by atoms with van der Waals surface area (Å²) in [6.07, 6.45) is -1.02. The van der Waals surface area contributed by atoms with Crippen LogP contribution in [0.5, 0.6) is 11.5 Å². The number of nitrogens with zero attached hydrogens (tertiary/aromatic N) is 4. The number of rotatable bonds is 11. The van der Waals surface area contributed by atoms with Gasteiger partial charge in [-0.3, -0.25) is 18.7 Å². The zero-order chi connectivity index (χ0) is 37.6. The monoisotopic (exact) mass is 756 g/mol. The van der Waals surface area contributed by atoms with Crippen LogP contribution in [0.1, 0.15) is 87.7 Å². The standard InChI is InChI=1S/C34H40N4O12P2/c1-33(2)31(29(37-13-5-7-27(37)39)23-17-21(19-35)9-11-25(23)47-33)49-51(41,42)45-15-16-46-52(43,44)50-32-30(38-14-6-8-28(38)40)24-18-22(20-36)10-12-26(24)48-34(32,3)4/h9-12,17-18,29-32H,5-8,13-16H2,1-4H3,(H,41,42)(H,43,44)/p-2/t29-,30-,31+,32+/m1/s1. The number of benzene rings is 2. The summed E-state index contributed by atoms with van der Waals surface area (Å²) >= 11 is 0. The van der Waals surface area contributed by atoms with E-state index < -0.39 is 64.4 Å². The van der Waals surface area contributed by atoms with Crippen LogP contribution in [0.4, 0.5) is 0 Å². The molecule has 2 fully saturated rings. The number of phosphoric ester groups is 2. The first-order chi connectivity index (χ1) is 24.4. The van der Waals surface area contributed by atoms with Gasteiger partial charge in [-0.05, 0) is 76.9 Å². The van der Waals surface area contributed by atoms with E-state index in [2.05, 4.69) is 0 Å². The SMILES string of the molecule is CC1(C)Oc2ccc(C#N)cc2[C@@H](N2CCCC2=O)[C@@H]1OP(=O)([O-])OCCOP(=O)([O-])O[C@H]1[C@H](N2CCCC2=O)c2cc(C#N)ccc2OC1(C)C. The molecule has 2 amide bonds. The fourth-order valence-electron chi connectivity index (χ4n) is 7.25. The average Bonchev–Trinajstić information content (AvgIpc) is 3.70. The highest BCUT2D eigenvalue weighted by Crippen LogP contribution is 2.54. The van der Waals surface area contributed by atoms with Gasteiger partial charge in [0.2, 0.25) is 11.8 Å². The van der Waals surface area contributed by atoms with Crippen molar-refractivity contribution in [3.8, 4) is 23.6 Å². The Morgan fingerprint density at radius 3 is 1.46 bits per heavy atom. The lowest BCUT2D eigenvalue weighted by Crippen LogP contribution is -2.55. The summed E-state index contributed by atoms with van der Waals surface area (Å²) in [6, 6.07) is 11.5. The molecule has 0 N–H and O–H groups in total. The molecular formula is C34H38N4O12P2-2. The van der Waals surface area contributed by atoms with Gasteiger partial charge < -0.3 is 47.2 Å². The number of carbonyl (C=O) groups excluding carboxylic acids is 2. The molecule has 52 heavy (non-hydrogen) atoms. The molecule has 0 bridgehead atoms. The minimum Gasteiger partial charge on any atom is -0.756 e. The van der Waals surface area contributed by atoms with Crippen molar-refractivity contribution in [1.82, 2.24) is 9.80 Å². The number of hydrogen-bond donors (Lipinski definition) is 0. The number of ether oxygens (including phenoxy) is 2. The van der Waals surface area contributed by atoms with Crippen LogP contribution in [0, 0.1) is 22.7 Å². The van der Waals surface area contributed by atoms with E-state index in [4.69, 9.17) is 27.6 Å². The van der Waals surface area contributed by atoms with Crippen LogP contribution in [-0.2, 0) is 36.8 Å². The molecule has 16 nitrogen and oxygen atoms in total. The van der Waals surface area contributed by atoms with E-state index in [0.29, 0.717) is 48.6 Å². The third kappa shape index (κ3) is 7.63. The van der Waals surface area contributed by atoms with E-state index in [1.807, 2.05) is 12.1 Å². The van der Waals surface area contributed by atoms with Crippen molar-refractivity contribution in [2.45, 2.75) is 88.9 Å². The fourth-order valence-corrected chi connectivity index (χ4v) is 9.26. The summed E-state index contributed by atoms with van der Waals surface area (Å²) in [5.74, 6) is 0.295. The molecule has 0 radical (unpaired) electrons. The van der Waals surface area contributed by atoms with E-state index in [1.54, 1.807) is 52.0 Å². The molecule has 0 saturated carbocycles. The molecule has 4 aliphatic heterocycles. The molecule has 6 atom stereocenters. The quantitative estimate of drug-likeness (QED) is 0.236. The molecule has 2 unspecified atom stereocenters. The summed E-state index contributed by atoms with van der Waals surface area (Å²) in [5, 5.41) is 19.0. The first-order valence-corrected chi connectivity index (χ1v) is 19.7. The maximum atomic E-state index is 13.2. The van der Waals surface area contributed by atoms with Gasteiger partial charge >= 0.3 is 0 Å². The van der Waals surface area contributed by atoms with Crippen molar-refractivity contribution >= 4 is 27.5 Å². The summed E-state index contributed by atoms with van der Waals surface area (Å²) in [5.41, 5.74) is -1.25. The zero-order valence-corrected chi connectivity index (χ0v) is 30.8. The maximum absolute atomic E-state index is 13.2. The van der Waals surface area contributed by atoms with Gasteiger partial charge in [0.25, 0.3) is 15.6 Å². The Labute approximate surface area is 300 Å². The number of nitriles is 2. The first kappa shape index (κ1) is 37.9. The van der Waals surface area contributed by atoms with Gasteiger partial charge in [0.15, 0.2) is 0 Å². The largest absolute Gasteiger partial charge is 0.756 e. The Morgan fingerprint density at radius 2 is 1.13 bits per heavy atom. The lowest BCUT2D eigenvalue weighted by molar-refractivity contribution is -0.247. The van der Waals surface area contributed by atoms with Crippen LogP contribution in [0.15, 0.2) is 36.4 Å². The van der Waals surface area contributed by atoms with Gasteiger partial charge in [0.1, 0.15) is 34.9 Å². The Bertz CT molecular complexity index is 1800. The second-order valence-corrected chi connectivity index (χ2v) is 16.8. The van der Waals surface area contributed by atoms with Crippen molar-refractivity contribution in [1.29, 1.82) is 10.5 Å². The first-order valence-electron chi connectivity index (χ1n) is 16.8. The third-order valence-corrected chi connectivity index (χ3v) is 11.5. The highest BCUT2D eigenvalue weighted by molar-refractivity contribution is 7.46. The highest BCUT2D eigenvalue weighted by atomic mass is 31.2. The number of phosphoric acid groups is 2. The lowest BCUT2D eigenvalue weighted by Gasteiger charge is -2.48. The molecular weight excluding hydrogens is 718 g/mol. The van der Waals surface area contributed by atoms with Gasteiger partial charge in [-0.1, -0.05) is 0 Å². The molecule has 6 rings (SSSR count). The molecule has 2 saturated heterocycles. The average molecular weight is 757 g/mol. The predicted molar refractivity (Wildman–Crippen MR) is 176 cm³/mol. The number of fused-ring (bicyclic) bond motifs is 2. The van der Waals surface area contributed by atoms with Crippen molar-refractivity contribution in [2.75, 3.05) is 26.3 Å². The van der Waals surface area contributed by atoms with Gasteiger partial charge in [-0.2, -0.15) is 10.5 Å². The zero-order valence-electron chi connectivity index (χ0n) is 29.0. The van der Waals surface area contributed by atoms with Gasteiger partial charge in [0.05, 0.1) is 48.6 Å². The summed E-state index contributed by atoms with van der Waals surface area (Å²) in [4.78, 5) is 55.3. The number of carbonyl (C=O) groups is 2. The van der Waals surface area contributed by atoms with Crippen molar-refractivity contribution in [3.63, 3.8) is 0 Å². The van der Waals surface area contributed by atoms with Gasteiger partial charge in [-0.25, -0.2) is 0 Å². The Kier molecular flexibility index (Phi) is 10.4. The normalized spacial score (nSPS) is 26.9. The van der Waals surface area contributed by atoms with Crippen LogP contribution in [-0.4, -0.2) is 71.3 Å². The third-order valence-electron chi connectivity index (χ3n) is 9.56. The number of likely N-dealkylation sites (tertiary alicyclic amines) is 2. The second-order valence-electron chi connectivity index (χ2n) is 14.0. The van der Waals surface area contributed by atoms with E-state index in [0.717, 1.165) is 0 Å². The molecule has 0 aliphatic carbocycles. The van der Waals surface area contributed by atoms with E-state index >= 15 is 0 Å². The predicted octanol–water partition coefficient (Wildman–Crippen LogP) is 3.54. The van der Waals surface area contributed by atoms with Crippen LogP contribution >= 0.6 is 15.6 Å². The minimum absolute atomic E-state index is 0.220. The minimum atomic E-state index is -5.22. The van der Waals surface area contributed by atoms with E-state index in [9.17, 15) is 39.0 Å². The van der Waals surface area contributed by atoms with Crippen molar-refractivity contribution in [3.05, 3.63) is 58.7 Å². The molecule has 278 valence electrons. The Hall–Kier alpha value is -3.82. The van der Waals surface area contributed by atoms with Gasteiger partial charge in [0, 0.05) is 37.1 Å². The van der Waals surface area contributed by atoms with E-state index in [1.165, 1.54) is 21.9 Å². The summed E-state index contributed by atoms with van der Waals surface area (Å²) in [6.45, 7) is 5.46. The number of hydrogen-bond acceptors (Lipinski definition) is 14. The molecule has 0 spiro atoms. The van der Waals surface area contributed by atoms with Crippen molar-refractivity contribution in [2.24, 2.45) is 0 Å². The Balaban J connectivity index is 1.15. The van der Waals surface area contributed by atoms with Crippen LogP contribution in [0.25, 0.3) is 0 Å². The molecule has 4 heterocycles. The smallest absolute Gasteiger partial charge is 0.268 e. The topological polar surface area (TPSA) is 224 Å². The maximum Gasteiger partial charge on any atom is 0.268 e. The summed E-state index contributed by atoms with van der Waals surface area (Å²) < 4.78 is 59.9. The lowest BCUT2D eigenvalue weighted by atomic mass is 9.85. The molecule has 4 aliphatic rings. The molecule has 2 aromatic rings. The Morgan fingerprint density at radius 1 is 0.750 bits per heavy atom. The molecule has 2 aromatic carbocycles.